The molecule has 2 aromatic heterocycles. The summed E-state index contributed by atoms with van der Waals surface area (Å²) in [6.45, 7) is 4.32. The van der Waals surface area contributed by atoms with E-state index in [0.717, 1.165) is 55.0 Å². The SMILES string of the molecule is Cc1csc(CN(C)C2CCc3c(c(C(=O)N4CCc5ccccc5C4)nn3C)C2)n1. The maximum atomic E-state index is 13.5. The minimum atomic E-state index is 0.0743. The molecule has 1 amide bonds. The van der Waals surface area contributed by atoms with E-state index in [1.807, 2.05) is 23.6 Å². The molecule has 31 heavy (non-hydrogen) atoms. The second kappa shape index (κ2) is 8.20. The summed E-state index contributed by atoms with van der Waals surface area (Å²) >= 11 is 1.72. The van der Waals surface area contributed by atoms with Crippen molar-refractivity contribution in [3.63, 3.8) is 0 Å². The molecule has 7 heteroatoms. The average molecular weight is 436 g/mol. The highest BCUT2D eigenvalue weighted by molar-refractivity contribution is 7.09. The van der Waals surface area contributed by atoms with Crippen LogP contribution in [0.3, 0.4) is 0 Å². The Hall–Kier alpha value is -2.51. The molecule has 0 saturated heterocycles. The van der Waals surface area contributed by atoms with E-state index in [1.54, 1.807) is 11.3 Å². The van der Waals surface area contributed by atoms with Gasteiger partial charge in [0.15, 0.2) is 5.69 Å². The summed E-state index contributed by atoms with van der Waals surface area (Å²) in [4.78, 5) is 22.5. The molecule has 0 saturated carbocycles. The topological polar surface area (TPSA) is 54.3 Å². The number of aryl methyl sites for hydroxylation is 2. The second-order valence-corrected chi connectivity index (χ2v) is 9.78. The Labute approximate surface area is 187 Å². The Kier molecular flexibility index (Phi) is 5.40. The van der Waals surface area contributed by atoms with Crippen LogP contribution in [0.1, 0.15) is 50.0 Å². The van der Waals surface area contributed by atoms with Gasteiger partial charge in [-0.2, -0.15) is 5.10 Å². The van der Waals surface area contributed by atoms with Gasteiger partial charge in [0.2, 0.25) is 0 Å². The first kappa shape index (κ1) is 20.4. The van der Waals surface area contributed by atoms with Crippen molar-refractivity contribution >= 4 is 17.2 Å². The van der Waals surface area contributed by atoms with Crippen LogP contribution < -0.4 is 0 Å². The number of nitrogens with zero attached hydrogens (tertiary/aromatic N) is 5. The molecule has 0 N–H and O–H groups in total. The zero-order valence-electron chi connectivity index (χ0n) is 18.5. The molecule has 6 nitrogen and oxygen atoms in total. The number of aromatic nitrogens is 3. The number of likely N-dealkylation sites (N-methyl/N-ethyl adjacent to an activating group) is 1. The average Bonchev–Trinajstić information content (AvgIpc) is 3.35. The lowest BCUT2D eigenvalue weighted by Crippen LogP contribution is -2.38. The molecule has 1 aliphatic heterocycles. The summed E-state index contributed by atoms with van der Waals surface area (Å²) in [6.07, 6.45) is 3.82. The highest BCUT2D eigenvalue weighted by Gasteiger charge is 2.32. The van der Waals surface area contributed by atoms with Gasteiger partial charge in [-0.15, -0.1) is 11.3 Å². The van der Waals surface area contributed by atoms with E-state index in [-0.39, 0.29) is 5.91 Å². The standard InChI is InChI=1S/C24H29N5OS/c1-16-15-31-22(25-16)14-27(2)19-8-9-21-20(12-19)23(26-28(21)3)24(30)29-11-10-17-6-4-5-7-18(17)13-29/h4-7,15,19H,8-14H2,1-3H3. The first-order valence-electron chi connectivity index (χ1n) is 11.0. The van der Waals surface area contributed by atoms with Crippen molar-refractivity contribution in [2.24, 2.45) is 7.05 Å². The van der Waals surface area contributed by atoms with Gasteiger partial charge in [0.05, 0.1) is 6.54 Å². The maximum absolute atomic E-state index is 13.5. The summed E-state index contributed by atoms with van der Waals surface area (Å²) in [7, 11) is 4.15. The molecule has 1 unspecified atom stereocenters. The van der Waals surface area contributed by atoms with Gasteiger partial charge in [0, 0.05) is 48.5 Å². The quantitative estimate of drug-likeness (QED) is 0.631. The van der Waals surface area contributed by atoms with Gasteiger partial charge >= 0.3 is 0 Å². The number of carbonyl (C=O) groups is 1. The monoisotopic (exact) mass is 435 g/mol. The third-order valence-electron chi connectivity index (χ3n) is 6.72. The van der Waals surface area contributed by atoms with Crippen LogP contribution in [0.25, 0.3) is 0 Å². The predicted molar refractivity (Wildman–Crippen MR) is 122 cm³/mol. The molecule has 1 aromatic carbocycles. The lowest BCUT2D eigenvalue weighted by Gasteiger charge is -2.32. The van der Waals surface area contributed by atoms with Crippen molar-refractivity contribution in [1.82, 2.24) is 24.6 Å². The molecule has 0 fully saturated rings. The van der Waals surface area contributed by atoms with Crippen LogP contribution in [-0.4, -0.2) is 50.1 Å². The molecular formula is C24H29N5OS. The van der Waals surface area contributed by atoms with Crippen molar-refractivity contribution < 1.29 is 4.79 Å². The van der Waals surface area contributed by atoms with E-state index >= 15 is 0 Å². The van der Waals surface area contributed by atoms with Gasteiger partial charge in [-0.3, -0.25) is 14.4 Å². The number of benzene rings is 1. The molecule has 0 spiro atoms. The molecule has 1 aliphatic carbocycles. The number of carbonyl (C=O) groups excluding carboxylic acids is 1. The largest absolute Gasteiger partial charge is 0.333 e. The number of hydrogen-bond donors (Lipinski definition) is 0. The van der Waals surface area contributed by atoms with E-state index in [1.165, 1.54) is 16.8 Å². The number of thiazole rings is 1. The Morgan fingerprint density at radius 1 is 1.26 bits per heavy atom. The normalized spacial score (nSPS) is 18.2. The molecule has 5 rings (SSSR count). The lowest BCUT2D eigenvalue weighted by molar-refractivity contribution is 0.0726. The summed E-state index contributed by atoms with van der Waals surface area (Å²) < 4.78 is 1.93. The third kappa shape index (κ3) is 3.92. The van der Waals surface area contributed by atoms with E-state index in [0.29, 0.717) is 18.3 Å². The van der Waals surface area contributed by atoms with Crippen molar-refractivity contribution in [1.29, 1.82) is 0 Å². The summed E-state index contributed by atoms with van der Waals surface area (Å²) in [5, 5.41) is 7.96. The molecule has 0 radical (unpaired) electrons. The fraction of sp³-hybridized carbons (Fsp3) is 0.458. The Bertz CT molecular complexity index is 1120. The molecule has 0 bridgehead atoms. The first-order valence-corrected chi connectivity index (χ1v) is 11.9. The summed E-state index contributed by atoms with van der Waals surface area (Å²) in [5.41, 5.74) is 6.71. The highest BCUT2D eigenvalue weighted by atomic mass is 32.1. The second-order valence-electron chi connectivity index (χ2n) is 8.84. The van der Waals surface area contributed by atoms with Crippen LogP contribution in [0.4, 0.5) is 0 Å². The zero-order valence-corrected chi connectivity index (χ0v) is 19.3. The lowest BCUT2D eigenvalue weighted by atomic mass is 9.90. The molecule has 2 aliphatic rings. The molecule has 162 valence electrons. The van der Waals surface area contributed by atoms with Crippen LogP contribution in [0.2, 0.25) is 0 Å². The van der Waals surface area contributed by atoms with Crippen LogP contribution in [-0.2, 0) is 39.4 Å². The fourth-order valence-corrected chi connectivity index (χ4v) is 5.79. The predicted octanol–water partition coefficient (Wildman–Crippen LogP) is 3.37. The summed E-state index contributed by atoms with van der Waals surface area (Å²) in [6, 6.07) is 8.84. The minimum Gasteiger partial charge on any atom is -0.333 e. The minimum absolute atomic E-state index is 0.0743. The maximum Gasteiger partial charge on any atom is 0.274 e. The van der Waals surface area contributed by atoms with Crippen molar-refractivity contribution in [2.75, 3.05) is 13.6 Å². The fourth-order valence-electron chi connectivity index (χ4n) is 4.96. The zero-order chi connectivity index (χ0) is 21.5. The Morgan fingerprint density at radius 2 is 2.06 bits per heavy atom. The van der Waals surface area contributed by atoms with Crippen molar-refractivity contribution in [3.8, 4) is 0 Å². The number of rotatable bonds is 4. The number of fused-ring (bicyclic) bond motifs is 2. The molecule has 1 atom stereocenters. The summed E-state index contributed by atoms with van der Waals surface area (Å²) in [5.74, 6) is 0.0743. The third-order valence-corrected chi connectivity index (χ3v) is 7.68. The van der Waals surface area contributed by atoms with Crippen molar-refractivity contribution in [2.45, 2.75) is 51.7 Å². The van der Waals surface area contributed by atoms with Crippen LogP contribution in [0.5, 0.6) is 0 Å². The Balaban J connectivity index is 1.35. The number of amides is 1. The van der Waals surface area contributed by atoms with Gasteiger partial charge in [-0.1, -0.05) is 24.3 Å². The van der Waals surface area contributed by atoms with Crippen LogP contribution in [0.15, 0.2) is 29.6 Å². The van der Waals surface area contributed by atoms with Crippen LogP contribution >= 0.6 is 11.3 Å². The van der Waals surface area contributed by atoms with Gasteiger partial charge in [0.25, 0.3) is 5.91 Å². The molecular weight excluding hydrogens is 406 g/mol. The van der Waals surface area contributed by atoms with Gasteiger partial charge in [-0.05, 0) is 50.8 Å². The first-order chi connectivity index (χ1) is 15.0. The van der Waals surface area contributed by atoms with Gasteiger partial charge in [-0.25, -0.2) is 4.98 Å². The van der Waals surface area contributed by atoms with E-state index in [4.69, 9.17) is 5.10 Å². The number of hydrogen-bond acceptors (Lipinski definition) is 5. The molecule has 3 aromatic rings. The smallest absolute Gasteiger partial charge is 0.274 e. The van der Waals surface area contributed by atoms with E-state index < -0.39 is 0 Å². The van der Waals surface area contributed by atoms with E-state index in [2.05, 4.69) is 46.6 Å². The molecule has 3 heterocycles. The highest BCUT2D eigenvalue weighted by Crippen LogP contribution is 2.29. The van der Waals surface area contributed by atoms with Crippen LogP contribution in [0, 0.1) is 6.92 Å². The van der Waals surface area contributed by atoms with E-state index in [9.17, 15) is 4.79 Å². The van der Waals surface area contributed by atoms with Crippen molar-refractivity contribution in [3.05, 3.63) is 68.4 Å². The van der Waals surface area contributed by atoms with Gasteiger partial charge < -0.3 is 4.90 Å². The Morgan fingerprint density at radius 3 is 2.84 bits per heavy atom. The van der Waals surface area contributed by atoms with Gasteiger partial charge in [0.1, 0.15) is 5.01 Å².